The van der Waals surface area contributed by atoms with Crippen LogP contribution >= 0.6 is 11.6 Å². The van der Waals surface area contributed by atoms with Crippen molar-refractivity contribution in [2.75, 3.05) is 0 Å². The van der Waals surface area contributed by atoms with Crippen molar-refractivity contribution in [3.05, 3.63) is 34.1 Å². The average molecular weight is 348 g/mol. The Morgan fingerprint density at radius 2 is 1.62 bits per heavy atom. The second-order valence-electron chi connectivity index (χ2n) is 7.77. The lowest BCUT2D eigenvalue weighted by molar-refractivity contribution is 0.158. The summed E-state index contributed by atoms with van der Waals surface area (Å²) in [6.07, 6.45) is 11.7. The molecule has 0 amide bonds. The molecule has 2 fully saturated rings. The lowest BCUT2D eigenvalue weighted by Gasteiger charge is -2.38. The maximum absolute atomic E-state index is 14.0. The van der Waals surface area contributed by atoms with Crippen LogP contribution in [0.15, 0.2) is 12.1 Å². The quantitative estimate of drug-likeness (QED) is 0.587. The SMILES string of the molecule is CC[C@H]1CC[C@H](C2CCC(c3cc(F)c(C#N)c(Cl)c3)CC2)CC1. The highest BCUT2D eigenvalue weighted by Gasteiger charge is 2.31. The molecule has 0 aliphatic heterocycles. The fourth-order valence-corrected chi connectivity index (χ4v) is 5.19. The Labute approximate surface area is 150 Å². The van der Waals surface area contributed by atoms with Crippen LogP contribution in [0.25, 0.3) is 0 Å². The zero-order chi connectivity index (χ0) is 17.1. The van der Waals surface area contributed by atoms with Crippen molar-refractivity contribution < 1.29 is 4.39 Å². The Bertz CT molecular complexity index is 582. The smallest absolute Gasteiger partial charge is 0.142 e. The van der Waals surface area contributed by atoms with Crippen molar-refractivity contribution in [2.24, 2.45) is 17.8 Å². The molecule has 24 heavy (non-hydrogen) atoms. The second-order valence-corrected chi connectivity index (χ2v) is 8.18. The largest absolute Gasteiger partial charge is 0.205 e. The van der Waals surface area contributed by atoms with Gasteiger partial charge in [-0.25, -0.2) is 4.39 Å². The molecule has 2 aliphatic rings. The number of hydrogen-bond acceptors (Lipinski definition) is 1. The number of nitriles is 1. The molecule has 130 valence electrons. The van der Waals surface area contributed by atoms with Crippen molar-refractivity contribution in [2.45, 2.75) is 70.6 Å². The number of benzene rings is 1. The van der Waals surface area contributed by atoms with Gasteiger partial charge in [-0.3, -0.25) is 0 Å². The van der Waals surface area contributed by atoms with Gasteiger partial charge in [0.15, 0.2) is 0 Å². The Hall–Kier alpha value is -1.07. The third kappa shape index (κ3) is 3.77. The third-order valence-corrected chi connectivity index (χ3v) is 6.85. The molecule has 0 saturated heterocycles. The van der Waals surface area contributed by atoms with Crippen LogP contribution in [0.1, 0.15) is 81.8 Å². The number of nitrogens with zero attached hydrogens (tertiary/aromatic N) is 1. The first kappa shape index (κ1) is 17.7. The first-order valence-electron chi connectivity index (χ1n) is 9.51. The van der Waals surface area contributed by atoms with Crippen LogP contribution in [0.3, 0.4) is 0 Å². The molecule has 2 aliphatic carbocycles. The molecule has 1 aromatic rings. The Kier molecular flexibility index (Phi) is 5.82. The number of rotatable bonds is 3. The van der Waals surface area contributed by atoms with E-state index in [4.69, 9.17) is 16.9 Å². The van der Waals surface area contributed by atoms with E-state index in [9.17, 15) is 4.39 Å². The zero-order valence-electron chi connectivity index (χ0n) is 14.5. The summed E-state index contributed by atoms with van der Waals surface area (Å²) in [5, 5.41) is 9.20. The second kappa shape index (κ2) is 7.87. The van der Waals surface area contributed by atoms with Gasteiger partial charge in [-0.05, 0) is 79.9 Å². The summed E-state index contributed by atoms with van der Waals surface area (Å²) in [5.41, 5.74) is 0.950. The van der Waals surface area contributed by atoms with E-state index in [0.717, 1.165) is 36.2 Å². The van der Waals surface area contributed by atoms with Crippen molar-refractivity contribution in [3.63, 3.8) is 0 Å². The molecule has 0 unspecified atom stereocenters. The summed E-state index contributed by atoms with van der Waals surface area (Å²) >= 11 is 6.07. The topological polar surface area (TPSA) is 23.8 Å². The van der Waals surface area contributed by atoms with Gasteiger partial charge in [0, 0.05) is 0 Å². The standard InChI is InChI=1S/C21H27ClFN/c1-2-14-3-5-15(6-4-14)16-7-9-17(10-8-16)18-11-20(22)19(13-24)21(23)12-18/h11-12,14-17H,2-10H2,1H3/t14-,15-,16?,17?. The van der Waals surface area contributed by atoms with Crippen molar-refractivity contribution in [1.82, 2.24) is 0 Å². The lowest BCUT2D eigenvalue weighted by atomic mass is 9.68. The van der Waals surface area contributed by atoms with Gasteiger partial charge in [-0.2, -0.15) is 5.26 Å². The molecule has 2 saturated carbocycles. The van der Waals surface area contributed by atoms with E-state index in [1.807, 2.05) is 6.07 Å². The molecular weight excluding hydrogens is 321 g/mol. The van der Waals surface area contributed by atoms with Gasteiger partial charge in [0.05, 0.1) is 5.02 Å². The van der Waals surface area contributed by atoms with E-state index >= 15 is 0 Å². The number of halogens is 2. The molecule has 3 rings (SSSR count). The lowest BCUT2D eigenvalue weighted by Crippen LogP contribution is -2.25. The Morgan fingerprint density at radius 1 is 1.04 bits per heavy atom. The van der Waals surface area contributed by atoms with Crippen molar-refractivity contribution in [3.8, 4) is 6.07 Å². The van der Waals surface area contributed by atoms with E-state index in [1.165, 1.54) is 51.0 Å². The van der Waals surface area contributed by atoms with Gasteiger partial charge >= 0.3 is 0 Å². The predicted molar refractivity (Wildman–Crippen MR) is 96.6 cm³/mol. The van der Waals surface area contributed by atoms with Gasteiger partial charge in [-0.15, -0.1) is 0 Å². The monoisotopic (exact) mass is 347 g/mol. The molecule has 1 aromatic carbocycles. The fraction of sp³-hybridized carbons (Fsp3) is 0.667. The number of hydrogen-bond donors (Lipinski definition) is 0. The minimum absolute atomic E-state index is 0.0261. The summed E-state index contributed by atoms with van der Waals surface area (Å²) in [6, 6.07) is 5.18. The van der Waals surface area contributed by atoms with Gasteiger partial charge in [-0.1, -0.05) is 37.8 Å². The molecule has 0 spiro atoms. The molecule has 0 aromatic heterocycles. The molecule has 0 atom stereocenters. The van der Waals surface area contributed by atoms with Gasteiger partial charge in [0.1, 0.15) is 17.4 Å². The van der Waals surface area contributed by atoms with E-state index < -0.39 is 5.82 Å². The summed E-state index contributed by atoms with van der Waals surface area (Å²) in [6.45, 7) is 2.32. The molecule has 0 heterocycles. The zero-order valence-corrected chi connectivity index (χ0v) is 15.3. The minimum atomic E-state index is -0.472. The van der Waals surface area contributed by atoms with Crippen molar-refractivity contribution >= 4 is 11.6 Å². The van der Waals surface area contributed by atoms with Gasteiger partial charge < -0.3 is 0 Å². The van der Waals surface area contributed by atoms with E-state index in [1.54, 1.807) is 6.07 Å². The third-order valence-electron chi connectivity index (χ3n) is 6.55. The molecule has 1 nitrogen and oxygen atoms in total. The molecular formula is C21H27ClFN. The van der Waals surface area contributed by atoms with Crippen LogP contribution < -0.4 is 0 Å². The van der Waals surface area contributed by atoms with Crippen LogP contribution in [-0.2, 0) is 0 Å². The maximum Gasteiger partial charge on any atom is 0.142 e. The summed E-state index contributed by atoms with van der Waals surface area (Å²) in [5.74, 6) is 2.65. The average Bonchev–Trinajstić information content (AvgIpc) is 2.62. The first-order valence-corrected chi connectivity index (χ1v) is 9.89. The van der Waals surface area contributed by atoms with E-state index in [2.05, 4.69) is 6.92 Å². The highest BCUT2D eigenvalue weighted by Crippen LogP contribution is 2.44. The highest BCUT2D eigenvalue weighted by atomic mass is 35.5. The first-order chi connectivity index (χ1) is 11.6. The molecule has 0 radical (unpaired) electrons. The molecule has 3 heteroatoms. The Balaban J connectivity index is 1.59. The highest BCUT2D eigenvalue weighted by molar-refractivity contribution is 6.31. The van der Waals surface area contributed by atoms with Crippen LogP contribution in [0.4, 0.5) is 4.39 Å². The van der Waals surface area contributed by atoms with Crippen molar-refractivity contribution in [1.29, 1.82) is 5.26 Å². The maximum atomic E-state index is 14.0. The van der Waals surface area contributed by atoms with Crippen LogP contribution in [0.5, 0.6) is 0 Å². The van der Waals surface area contributed by atoms with Gasteiger partial charge in [0.2, 0.25) is 0 Å². The predicted octanol–water partition coefficient (Wildman–Crippen LogP) is 6.84. The summed E-state index contributed by atoms with van der Waals surface area (Å²) in [7, 11) is 0. The van der Waals surface area contributed by atoms with Crippen LogP contribution in [-0.4, -0.2) is 0 Å². The fourth-order valence-electron chi connectivity index (χ4n) is 4.93. The summed E-state index contributed by atoms with van der Waals surface area (Å²) < 4.78 is 14.0. The minimum Gasteiger partial charge on any atom is -0.205 e. The van der Waals surface area contributed by atoms with E-state index in [0.29, 0.717) is 5.92 Å². The summed E-state index contributed by atoms with van der Waals surface area (Å²) in [4.78, 5) is 0. The van der Waals surface area contributed by atoms with E-state index in [-0.39, 0.29) is 10.6 Å². The normalized spacial score (nSPS) is 30.8. The molecule has 0 bridgehead atoms. The Morgan fingerprint density at radius 3 is 2.12 bits per heavy atom. The molecule has 0 N–H and O–H groups in total. The van der Waals surface area contributed by atoms with Crippen LogP contribution in [0.2, 0.25) is 5.02 Å². The van der Waals surface area contributed by atoms with Crippen LogP contribution in [0, 0.1) is 34.9 Å². The van der Waals surface area contributed by atoms with Gasteiger partial charge in [0.25, 0.3) is 0 Å².